The van der Waals surface area contributed by atoms with Gasteiger partial charge in [-0.25, -0.2) is 4.79 Å². The van der Waals surface area contributed by atoms with Gasteiger partial charge in [0, 0.05) is 30.4 Å². The Hall–Kier alpha value is -2.87. The van der Waals surface area contributed by atoms with Gasteiger partial charge < -0.3 is 24.2 Å². The topological polar surface area (TPSA) is 85.3 Å². The highest BCUT2D eigenvalue weighted by Crippen LogP contribution is 2.42. The van der Waals surface area contributed by atoms with Gasteiger partial charge in [0.1, 0.15) is 12.4 Å². The number of benzene rings is 2. The van der Waals surface area contributed by atoms with Gasteiger partial charge in [0.2, 0.25) is 5.91 Å². The lowest BCUT2D eigenvalue weighted by molar-refractivity contribution is -0.139. The largest absolute Gasteiger partial charge is 0.491 e. The van der Waals surface area contributed by atoms with Crippen LogP contribution in [0.1, 0.15) is 36.8 Å². The third-order valence-electron chi connectivity index (χ3n) is 6.90. The molecule has 0 radical (unpaired) electrons. The number of nitrogens with zero attached hydrogens (tertiary/aromatic N) is 1. The second-order valence-corrected chi connectivity index (χ2v) is 9.65. The summed E-state index contributed by atoms with van der Waals surface area (Å²) in [6.07, 6.45) is 2.10. The highest BCUT2D eigenvalue weighted by Gasteiger charge is 2.44. The van der Waals surface area contributed by atoms with Crippen LogP contribution in [0, 0.1) is 5.92 Å². The van der Waals surface area contributed by atoms with Crippen LogP contribution in [0.3, 0.4) is 0 Å². The van der Waals surface area contributed by atoms with Crippen molar-refractivity contribution in [1.82, 2.24) is 4.90 Å². The van der Waals surface area contributed by atoms with Crippen LogP contribution in [-0.2, 0) is 25.5 Å². The first-order valence-electron chi connectivity index (χ1n) is 12.2. The van der Waals surface area contributed by atoms with Crippen LogP contribution >= 0.6 is 11.6 Å². The summed E-state index contributed by atoms with van der Waals surface area (Å²) in [4.78, 5) is 28.2. The fourth-order valence-electron chi connectivity index (χ4n) is 5.08. The summed E-state index contributed by atoms with van der Waals surface area (Å²) < 4.78 is 16.5. The van der Waals surface area contributed by atoms with E-state index >= 15 is 0 Å². The molecule has 36 heavy (non-hydrogen) atoms. The maximum atomic E-state index is 14.0. The number of allylic oxidation sites excluding steroid dienone is 1. The predicted octanol–water partition coefficient (Wildman–Crippen LogP) is 4.69. The molecule has 1 amide bonds. The molecule has 0 aliphatic carbocycles. The Kier molecular flexibility index (Phi) is 8.67. The van der Waals surface area contributed by atoms with Crippen LogP contribution in [0.2, 0.25) is 5.02 Å². The average molecular weight is 514 g/mol. The molecule has 2 aromatic rings. The molecule has 2 heterocycles. The molecule has 1 fully saturated rings. The molecular weight excluding hydrogens is 482 g/mol. The predicted molar refractivity (Wildman–Crippen MR) is 136 cm³/mol. The number of carboxylic acid groups (broad SMARTS) is 1. The summed E-state index contributed by atoms with van der Waals surface area (Å²) in [5.41, 5.74) is 2.39. The molecule has 2 aromatic carbocycles. The van der Waals surface area contributed by atoms with Crippen LogP contribution in [0.15, 0.2) is 59.8 Å². The van der Waals surface area contributed by atoms with E-state index in [9.17, 15) is 14.7 Å². The van der Waals surface area contributed by atoms with E-state index in [0.717, 1.165) is 24.0 Å². The molecule has 2 aliphatic heterocycles. The van der Waals surface area contributed by atoms with Crippen LogP contribution in [0.4, 0.5) is 0 Å². The van der Waals surface area contributed by atoms with Crippen LogP contribution < -0.4 is 4.74 Å². The summed E-state index contributed by atoms with van der Waals surface area (Å²) in [5.74, 6) is -1.60. The van der Waals surface area contributed by atoms with E-state index in [1.54, 1.807) is 31.1 Å². The van der Waals surface area contributed by atoms with Gasteiger partial charge in [0.15, 0.2) is 0 Å². The molecule has 0 saturated carbocycles. The number of aliphatic carboxylic acids is 1. The van der Waals surface area contributed by atoms with Gasteiger partial charge in [0.25, 0.3) is 0 Å². The standard InChI is InChI=1S/C28H32ClNO6/c1-18-25(28(32)33)26(20-7-9-21(29)10-8-20)24(27(31)30(18)17-23-4-3-13-35-23)16-19-5-11-22(12-6-19)36-15-14-34-2/h5-12,23-24,26H,3-4,13-17H2,1-2H3,(H,32,33)/t23-,24?,26+/m1/s1. The third-order valence-corrected chi connectivity index (χ3v) is 7.15. The number of carbonyl (C=O) groups excluding carboxylic acids is 1. The Morgan fingerprint density at radius 1 is 1.14 bits per heavy atom. The van der Waals surface area contributed by atoms with Crippen LogP contribution in [0.5, 0.6) is 5.75 Å². The van der Waals surface area contributed by atoms with Crippen LogP contribution in [0.25, 0.3) is 0 Å². The molecule has 3 atom stereocenters. The van der Waals surface area contributed by atoms with Crippen molar-refractivity contribution in [3.8, 4) is 5.75 Å². The Bertz CT molecular complexity index is 1090. The van der Waals surface area contributed by atoms with E-state index in [0.29, 0.717) is 49.3 Å². The van der Waals surface area contributed by atoms with Gasteiger partial charge in [-0.1, -0.05) is 35.9 Å². The molecule has 2 aliphatic rings. The first-order chi connectivity index (χ1) is 17.4. The zero-order chi connectivity index (χ0) is 25.7. The monoisotopic (exact) mass is 513 g/mol. The summed E-state index contributed by atoms with van der Waals surface area (Å²) >= 11 is 6.11. The molecule has 7 nitrogen and oxygen atoms in total. The maximum absolute atomic E-state index is 14.0. The second kappa shape index (κ2) is 11.9. The van der Waals surface area contributed by atoms with Crippen molar-refractivity contribution in [3.05, 3.63) is 76.0 Å². The second-order valence-electron chi connectivity index (χ2n) is 9.21. The molecule has 1 N–H and O–H groups in total. The number of ether oxygens (including phenoxy) is 3. The van der Waals surface area contributed by atoms with Crippen molar-refractivity contribution in [3.63, 3.8) is 0 Å². The zero-order valence-corrected chi connectivity index (χ0v) is 21.4. The van der Waals surface area contributed by atoms with Crippen molar-refractivity contribution in [1.29, 1.82) is 0 Å². The summed E-state index contributed by atoms with van der Waals surface area (Å²) in [5, 5.41) is 10.9. The van der Waals surface area contributed by atoms with Crippen molar-refractivity contribution >= 4 is 23.5 Å². The Morgan fingerprint density at radius 3 is 2.47 bits per heavy atom. The number of halogens is 1. The van der Waals surface area contributed by atoms with Gasteiger partial charge in [-0.3, -0.25) is 4.79 Å². The number of amides is 1. The maximum Gasteiger partial charge on any atom is 0.333 e. The van der Waals surface area contributed by atoms with Crippen LogP contribution in [-0.4, -0.2) is 61.5 Å². The fraction of sp³-hybridized carbons (Fsp3) is 0.429. The number of carbonyl (C=O) groups is 2. The lowest BCUT2D eigenvalue weighted by Gasteiger charge is -2.40. The number of hydrogen-bond donors (Lipinski definition) is 1. The molecule has 1 saturated heterocycles. The molecular formula is C28H32ClNO6. The average Bonchev–Trinajstić information content (AvgIpc) is 3.38. The lowest BCUT2D eigenvalue weighted by atomic mass is 9.73. The molecule has 4 rings (SSSR count). The number of rotatable bonds is 10. The first kappa shape index (κ1) is 26.2. The molecule has 1 unspecified atom stereocenters. The number of hydrogen-bond acceptors (Lipinski definition) is 5. The molecule has 192 valence electrons. The van der Waals surface area contributed by atoms with Gasteiger partial charge in [0.05, 0.1) is 30.7 Å². The van der Waals surface area contributed by atoms with Crippen molar-refractivity contribution in [2.45, 2.75) is 38.2 Å². The molecule has 0 aromatic heterocycles. The van der Waals surface area contributed by atoms with Gasteiger partial charge in [-0.05, 0) is 61.6 Å². The molecule has 0 spiro atoms. The Morgan fingerprint density at radius 2 is 1.86 bits per heavy atom. The van der Waals surface area contributed by atoms with Gasteiger partial charge in [-0.2, -0.15) is 0 Å². The van der Waals surface area contributed by atoms with E-state index in [1.807, 2.05) is 36.4 Å². The van der Waals surface area contributed by atoms with Gasteiger partial charge in [-0.15, -0.1) is 0 Å². The summed E-state index contributed by atoms with van der Waals surface area (Å²) in [7, 11) is 1.62. The Labute approximate surface area is 216 Å². The van der Waals surface area contributed by atoms with E-state index in [4.69, 9.17) is 25.8 Å². The van der Waals surface area contributed by atoms with E-state index in [1.165, 1.54) is 0 Å². The van der Waals surface area contributed by atoms with Crippen molar-refractivity contribution in [2.24, 2.45) is 5.92 Å². The smallest absolute Gasteiger partial charge is 0.333 e. The SMILES string of the molecule is COCCOc1ccc(CC2C(=O)N(C[C@H]3CCCO3)C(C)=C(C(=O)O)[C@H]2c2ccc(Cl)cc2)cc1. The first-order valence-corrected chi connectivity index (χ1v) is 12.6. The molecule has 8 heteroatoms. The Balaban J connectivity index is 1.69. The molecule has 0 bridgehead atoms. The highest BCUT2D eigenvalue weighted by atomic mass is 35.5. The summed E-state index contributed by atoms with van der Waals surface area (Å²) in [6, 6.07) is 14.7. The fourth-order valence-corrected chi connectivity index (χ4v) is 5.21. The summed E-state index contributed by atoms with van der Waals surface area (Å²) in [6.45, 7) is 3.68. The zero-order valence-electron chi connectivity index (χ0n) is 20.6. The quantitative estimate of drug-likeness (QED) is 0.464. The normalized spacial score (nSPS) is 22.2. The van der Waals surface area contributed by atoms with Gasteiger partial charge >= 0.3 is 5.97 Å². The number of methoxy groups -OCH3 is 1. The lowest BCUT2D eigenvalue weighted by Crippen LogP contribution is -2.47. The van der Waals surface area contributed by atoms with E-state index in [-0.39, 0.29) is 17.6 Å². The minimum atomic E-state index is -1.02. The number of carboxylic acids is 1. The van der Waals surface area contributed by atoms with Crippen molar-refractivity contribution in [2.75, 3.05) is 33.5 Å². The third kappa shape index (κ3) is 5.91. The van der Waals surface area contributed by atoms with E-state index in [2.05, 4.69) is 0 Å². The van der Waals surface area contributed by atoms with E-state index < -0.39 is 17.8 Å². The minimum Gasteiger partial charge on any atom is -0.491 e. The minimum absolute atomic E-state index is 0.0878. The highest BCUT2D eigenvalue weighted by molar-refractivity contribution is 6.30. The van der Waals surface area contributed by atoms with Crippen molar-refractivity contribution < 1.29 is 28.9 Å².